The molecule has 3 aromatic rings. The number of furan rings is 1. The van der Waals surface area contributed by atoms with Crippen LogP contribution in [0.1, 0.15) is 33.9 Å². The summed E-state index contributed by atoms with van der Waals surface area (Å²) in [6.07, 6.45) is 3.35. The highest BCUT2D eigenvalue weighted by molar-refractivity contribution is 6.02. The van der Waals surface area contributed by atoms with Crippen LogP contribution in [0.4, 0.5) is 14.5 Å². The Balaban J connectivity index is 1.38. The van der Waals surface area contributed by atoms with Gasteiger partial charge in [-0.05, 0) is 66.8 Å². The average Bonchev–Trinajstić information content (AvgIpc) is 3.31. The van der Waals surface area contributed by atoms with E-state index in [4.69, 9.17) is 9.15 Å². The largest absolute Gasteiger partial charge is 0.486 e. The van der Waals surface area contributed by atoms with E-state index in [-0.39, 0.29) is 18.1 Å². The summed E-state index contributed by atoms with van der Waals surface area (Å²) >= 11 is 0. The molecule has 4 nitrogen and oxygen atoms in total. The highest BCUT2D eigenvalue weighted by Crippen LogP contribution is 2.26. The van der Waals surface area contributed by atoms with Crippen molar-refractivity contribution in [3.8, 4) is 5.75 Å². The zero-order valence-electron chi connectivity index (χ0n) is 14.4. The van der Waals surface area contributed by atoms with Crippen molar-refractivity contribution in [2.75, 3.05) is 5.32 Å². The lowest BCUT2D eigenvalue weighted by Gasteiger charge is -2.07. The predicted molar refractivity (Wildman–Crippen MR) is 95.8 cm³/mol. The van der Waals surface area contributed by atoms with E-state index in [0.29, 0.717) is 11.8 Å². The van der Waals surface area contributed by atoms with Gasteiger partial charge in [-0.1, -0.05) is 6.07 Å². The second kappa shape index (κ2) is 7.23. The van der Waals surface area contributed by atoms with E-state index >= 15 is 0 Å². The van der Waals surface area contributed by atoms with Crippen molar-refractivity contribution in [2.45, 2.75) is 25.9 Å². The van der Waals surface area contributed by atoms with Crippen LogP contribution in [0.2, 0.25) is 0 Å². The van der Waals surface area contributed by atoms with Gasteiger partial charge in [0, 0.05) is 6.07 Å². The first-order chi connectivity index (χ1) is 13.1. The molecule has 0 aliphatic heterocycles. The van der Waals surface area contributed by atoms with Crippen LogP contribution in [0.25, 0.3) is 0 Å². The number of rotatable bonds is 5. The first kappa shape index (κ1) is 17.3. The maximum absolute atomic E-state index is 13.6. The van der Waals surface area contributed by atoms with Gasteiger partial charge in [0.2, 0.25) is 0 Å². The molecule has 1 amide bonds. The van der Waals surface area contributed by atoms with E-state index in [1.54, 1.807) is 6.07 Å². The van der Waals surface area contributed by atoms with Crippen LogP contribution in [0.3, 0.4) is 0 Å². The maximum Gasteiger partial charge on any atom is 0.291 e. The van der Waals surface area contributed by atoms with Gasteiger partial charge < -0.3 is 14.5 Å². The molecule has 6 heteroatoms. The van der Waals surface area contributed by atoms with Gasteiger partial charge in [0.15, 0.2) is 5.76 Å². The molecule has 4 rings (SSSR count). The third-order valence-electron chi connectivity index (χ3n) is 4.52. The second-order valence-electron chi connectivity index (χ2n) is 6.42. The number of hydrogen-bond donors (Lipinski definition) is 1. The van der Waals surface area contributed by atoms with Crippen LogP contribution < -0.4 is 10.1 Å². The molecule has 1 aliphatic rings. The fourth-order valence-electron chi connectivity index (χ4n) is 3.14. The number of halogens is 2. The number of fused-ring (bicyclic) bond motifs is 1. The van der Waals surface area contributed by atoms with Gasteiger partial charge >= 0.3 is 0 Å². The lowest BCUT2D eigenvalue weighted by Crippen LogP contribution is -2.12. The molecule has 1 heterocycles. The van der Waals surface area contributed by atoms with Gasteiger partial charge in [0.05, 0.1) is 5.69 Å². The molecule has 0 atom stereocenters. The Labute approximate surface area is 154 Å². The fourth-order valence-corrected chi connectivity index (χ4v) is 3.14. The number of carbonyl (C=O) groups excluding carboxylic acids is 1. The molecule has 0 fully saturated rings. The van der Waals surface area contributed by atoms with E-state index in [9.17, 15) is 13.6 Å². The number of anilines is 1. The lowest BCUT2D eigenvalue weighted by molar-refractivity contribution is 0.0992. The minimum Gasteiger partial charge on any atom is -0.486 e. The van der Waals surface area contributed by atoms with Gasteiger partial charge in [0.25, 0.3) is 5.91 Å². The van der Waals surface area contributed by atoms with E-state index in [2.05, 4.69) is 11.4 Å². The summed E-state index contributed by atoms with van der Waals surface area (Å²) in [4.78, 5) is 12.2. The highest BCUT2D eigenvalue weighted by atomic mass is 19.1. The van der Waals surface area contributed by atoms with E-state index < -0.39 is 17.5 Å². The SMILES string of the molecule is O=C(Nc1ccc(F)cc1F)c1ccc(COc2ccc3c(c2)CCC3)o1. The number of nitrogens with one attached hydrogen (secondary N) is 1. The number of carbonyl (C=O) groups is 1. The van der Waals surface area contributed by atoms with E-state index in [0.717, 1.165) is 30.7 Å². The number of aryl methyl sites for hydroxylation is 2. The maximum atomic E-state index is 13.6. The number of benzene rings is 2. The lowest BCUT2D eigenvalue weighted by atomic mass is 10.1. The van der Waals surface area contributed by atoms with Crippen LogP contribution in [0.15, 0.2) is 52.9 Å². The van der Waals surface area contributed by atoms with Crippen molar-refractivity contribution in [2.24, 2.45) is 0 Å². The fraction of sp³-hybridized carbons (Fsp3) is 0.190. The third-order valence-corrected chi connectivity index (χ3v) is 4.52. The quantitative estimate of drug-likeness (QED) is 0.698. The van der Waals surface area contributed by atoms with E-state index in [1.165, 1.54) is 23.6 Å². The summed E-state index contributed by atoms with van der Waals surface area (Å²) in [5.41, 5.74) is 2.56. The van der Waals surface area contributed by atoms with Gasteiger partial charge in [-0.2, -0.15) is 0 Å². The first-order valence-corrected chi connectivity index (χ1v) is 8.68. The summed E-state index contributed by atoms with van der Waals surface area (Å²) in [5, 5.41) is 2.35. The second-order valence-corrected chi connectivity index (χ2v) is 6.42. The van der Waals surface area contributed by atoms with Crippen molar-refractivity contribution in [3.05, 3.63) is 82.8 Å². The minimum absolute atomic E-state index is 0.0197. The van der Waals surface area contributed by atoms with Crippen LogP contribution in [0.5, 0.6) is 5.75 Å². The summed E-state index contributed by atoms with van der Waals surface area (Å²) in [6, 6.07) is 12.1. The molecule has 138 valence electrons. The Hall–Kier alpha value is -3.15. The molecular weight excluding hydrogens is 352 g/mol. The van der Waals surface area contributed by atoms with Gasteiger partial charge in [-0.3, -0.25) is 4.79 Å². The molecule has 0 unspecified atom stereocenters. The molecular formula is C21H17F2NO3. The van der Waals surface area contributed by atoms with Crippen LogP contribution in [-0.4, -0.2) is 5.91 Å². The van der Waals surface area contributed by atoms with Crippen molar-refractivity contribution in [1.82, 2.24) is 0 Å². The summed E-state index contributed by atoms with van der Waals surface area (Å²) in [5.74, 6) is -0.938. The zero-order valence-corrected chi connectivity index (χ0v) is 14.4. The standard InChI is InChI=1S/C21H17F2NO3/c22-15-5-8-19(18(23)11-15)24-21(25)20-9-7-17(27-20)12-26-16-6-4-13-2-1-3-14(13)10-16/h4-11H,1-3,12H2,(H,24,25). The predicted octanol–water partition coefficient (Wildman–Crippen LogP) is 4.88. The van der Waals surface area contributed by atoms with Crippen molar-refractivity contribution < 1.29 is 22.7 Å². The van der Waals surface area contributed by atoms with Crippen LogP contribution in [0, 0.1) is 11.6 Å². The van der Waals surface area contributed by atoms with Gasteiger partial charge in [-0.15, -0.1) is 0 Å². The third kappa shape index (κ3) is 3.84. The molecule has 2 aromatic carbocycles. The van der Waals surface area contributed by atoms with Crippen molar-refractivity contribution >= 4 is 11.6 Å². The molecule has 1 aromatic heterocycles. The number of ether oxygens (including phenoxy) is 1. The molecule has 0 radical (unpaired) electrons. The summed E-state index contributed by atoms with van der Waals surface area (Å²) in [6.45, 7) is 0.178. The van der Waals surface area contributed by atoms with Crippen LogP contribution >= 0.6 is 0 Å². The molecule has 0 saturated carbocycles. The topological polar surface area (TPSA) is 51.5 Å². The van der Waals surface area contributed by atoms with Crippen molar-refractivity contribution in [3.63, 3.8) is 0 Å². The Morgan fingerprint density at radius 1 is 1.04 bits per heavy atom. The normalized spacial score (nSPS) is 12.7. The Morgan fingerprint density at radius 2 is 1.89 bits per heavy atom. The summed E-state index contributed by atoms with van der Waals surface area (Å²) in [7, 11) is 0. The average molecular weight is 369 g/mol. The Morgan fingerprint density at radius 3 is 2.74 bits per heavy atom. The highest BCUT2D eigenvalue weighted by Gasteiger charge is 2.15. The molecule has 0 bridgehead atoms. The van der Waals surface area contributed by atoms with Gasteiger partial charge in [0.1, 0.15) is 29.8 Å². The van der Waals surface area contributed by atoms with Crippen molar-refractivity contribution in [1.29, 1.82) is 0 Å². The smallest absolute Gasteiger partial charge is 0.291 e. The molecule has 27 heavy (non-hydrogen) atoms. The van der Waals surface area contributed by atoms with Gasteiger partial charge in [-0.25, -0.2) is 8.78 Å². The first-order valence-electron chi connectivity index (χ1n) is 8.68. The number of hydrogen-bond acceptors (Lipinski definition) is 3. The molecule has 1 aliphatic carbocycles. The van der Waals surface area contributed by atoms with Crippen LogP contribution in [-0.2, 0) is 19.4 Å². The molecule has 0 saturated heterocycles. The van der Waals surface area contributed by atoms with E-state index in [1.807, 2.05) is 12.1 Å². The monoisotopic (exact) mass is 369 g/mol. The molecule has 0 spiro atoms. The zero-order chi connectivity index (χ0) is 18.8. The minimum atomic E-state index is -0.852. The Bertz CT molecular complexity index is 997. The Kier molecular flexibility index (Phi) is 4.62. The number of amides is 1. The summed E-state index contributed by atoms with van der Waals surface area (Å²) < 4.78 is 37.7. The molecule has 1 N–H and O–H groups in total.